The molecule has 1 aromatic carbocycles. The highest BCUT2D eigenvalue weighted by atomic mass is 79.9. The van der Waals surface area contributed by atoms with Gasteiger partial charge in [0.2, 0.25) is 5.91 Å². The Kier molecular flexibility index (Phi) is 3.64. The van der Waals surface area contributed by atoms with Crippen molar-refractivity contribution < 1.29 is 4.79 Å². The van der Waals surface area contributed by atoms with Crippen LogP contribution in [0.2, 0.25) is 0 Å². The fourth-order valence-electron chi connectivity index (χ4n) is 0.747. The Bertz CT molecular complexity index is 319. The van der Waals surface area contributed by atoms with E-state index in [2.05, 4.69) is 26.5 Å². The molecule has 0 aliphatic rings. The van der Waals surface area contributed by atoms with Crippen LogP contribution in [0.25, 0.3) is 0 Å². The Balaban J connectivity index is 2.59. The van der Waals surface area contributed by atoms with Crippen LogP contribution in [-0.2, 0) is 4.79 Å². The molecule has 3 nitrogen and oxygen atoms in total. The molecule has 0 aromatic heterocycles. The van der Waals surface area contributed by atoms with Crippen molar-refractivity contribution in [3.63, 3.8) is 0 Å². The summed E-state index contributed by atoms with van der Waals surface area (Å²) in [7, 11) is 0. The van der Waals surface area contributed by atoms with Gasteiger partial charge in [0.15, 0.2) is 0 Å². The van der Waals surface area contributed by atoms with Crippen LogP contribution in [0, 0.1) is 0 Å². The quantitative estimate of drug-likeness (QED) is 0.623. The second-order valence-electron chi connectivity index (χ2n) is 2.48. The summed E-state index contributed by atoms with van der Waals surface area (Å²) in [6.07, 6.45) is 1.59. The summed E-state index contributed by atoms with van der Waals surface area (Å²) in [5, 5.41) is 3.73. The number of hydrazone groups is 1. The van der Waals surface area contributed by atoms with Crippen molar-refractivity contribution in [2.75, 3.05) is 0 Å². The maximum Gasteiger partial charge on any atom is 0.236 e. The van der Waals surface area contributed by atoms with Gasteiger partial charge in [-0.2, -0.15) is 5.10 Å². The van der Waals surface area contributed by atoms with E-state index in [4.69, 9.17) is 0 Å². The Morgan fingerprint density at radius 3 is 2.62 bits per heavy atom. The zero-order valence-corrected chi connectivity index (χ0v) is 8.71. The third-order valence-electron chi connectivity index (χ3n) is 1.31. The monoisotopic (exact) mass is 240 g/mol. The molecular formula is C9H9BrN2O. The molecule has 0 bridgehead atoms. The smallest absolute Gasteiger partial charge is 0.236 e. The Hall–Kier alpha value is -1.16. The summed E-state index contributed by atoms with van der Waals surface area (Å²) >= 11 is 3.32. The number of halogens is 1. The second-order valence-corrected chi connectivity index (χ2v) is 3.39. The first kappa shape index (κ1) is 9.92. The predicted molar refractivity (Wildman–Crippen MR) is 55.6 cm³/mol. The van der Waals surface area contributed by atoms with Gasteiger partial charge in [-0.3, -0.25) is 4.79 Å². The van der Waals surface area contributed by atoms with E-state index < -0.39 is 0 Å². The van der Waals surface area contributed by atoms with Gasteiger partial charge in [-0.25, -0.2) is 5.43 Å². The number of nitrogens with zero attached hydrogens (tertiary/aromatic N) is 1. The van der Waals surface area contributed by atoms with Crippen LogP contribution in [0.4, 0.5) is 0 Å². The van der Waals surface area contributed by atoms with E-state index in [1.165, 1.54) is 6.92 Å². The van der Waals surface area contributed by atoms with E-state index in [1.54, 1.807) is 6.21 Å². The van der Waals surface area contributed by atoms with Crippen LogP contribution in [-0.4, -0.2) is 12.1 Å². The van der Waals surface area contributed by atoms with E-state index in [0.29, 0.717) is 0 Å². The van der Waals surface area contributed by atoms with E-state index in [1.807, 2.05) is 24.3 Å². The molecule has 1 aromatic rings. The average molecular weight is 241 g/mol. The van der Waals surface area contributed by atoms with Crippen LogP contribution >= 0.6 is 15.9 Å². The molecule has 0 heterocycles. The molecule has 4 heteroatoms. The molecule has 0 fully saturated rings. The molecule has 0 aliphatic carbocycles. The average Bonchev–Trinajstić information content (AvgIpc) is 2.08. The third kappa shape index (κ3) is 3.85. The largest absolute Gasteiger partial charge is 0.274 e. The van der Waals surface area contributed by atoms with Gasteiger partial charge in [-0.05, 0) is 17.7 Å². The molecule has 1 N–H and O–H groups in total. The van der Waals surface area contributed by atoms with Gasteiger partial charge in [0.1, 0.15) is 0 Å². The van der Waals surface area contributed by atoms with Crippen molar-refractivity contribution in [1.82, 2.24) is 5.43 Å². The molecule has 0 aliphatic heterocycles. The maximum absolute atomic E-state index is 10.5. The first-order valence-corrected chi connectivity index (χ1v) is 4.53. The van der Waals surface area contributed by atoms with Crippen molar-refractivity contribution in [3.8, 4) is 0 Å². The molecule has 1 amide bonds. The van der Waals surface area contributed by atoms with Crippen LogP contribution < -0.4 is 5.43 Å². The van der Waals surface area contributed by atoms with Crippen LogP contribution in [0.1, 0.15) is 12.5 Å². The number of hydrogen-bond donors (Lipinski definition) is 1. The maximum atomic E-state index is 10.5. The number of benzene rings is 1. The van der Waals surface area contributed by atoms with Crippen LogP contribution in [0.15, 0.2) is 33.8 Å². The van der Waals surface area contributed by atoms with Crippen molar-refractivity contribution in [1.29, 1.82) is 0 Å². The molecule has 0 unspecified atom stereocenters. The molecule has 0 saturated heterocycles. The van der Waals surface area contributed by atoms with Gasteiger partial charge in [0, 0.05) is 11.4 Å². The highest BCUT2D eigenvalue weighted by Gasteiger charge is 1.88. The standard InChI is InChI=1S/C9H9BrN2O/c1-7(13)12-11-6-8-2-4-9(10)5-3-8/h2-6H,1H3,(H,12,13)/b11-6+. The van der Waals surface area contributed by atoms with E-state index in [-0.39, 0.29) is 5.91 Å². The topological polar surface area (TPSA) is 41.5 Å². The molecule has 0 radical (unpaired) electrons. The van der Waals surface area contributed by atoms with Gasteiger partial charge in [-0.15, -0.1) is 0 Å². The lowest BCUT2D eigenvalue weighted by molar-refractivity contribution is -0.118. The minimum Gasteiger partial charge on any atom is -0.274 e. The first-order valence-electron chi connectivity index (χ1n) is 3.73. The third-order valence-corrected chi connectivity index (χ3v) is 1.83. The summed E-state index contributed by atoms with van der Waals surface area (Å²) < 4.78 is 1.02. The number of hydrogen-bond acceptors (Lipinski definition) is 2. The second kappa shape index (κ2) is 4.77. The fourth-order valence-corrected chi connectivity index (χ4v) is 1.01. The number of rotatable bonds is 2. The van der Waals surface area contributed by atoms with Crippen molar-refractivity contribution in [2.24, 2.45) is 5.10 Å². The summed E-state index contributed by atoms with van der Waals surface area (Å²) in [4.78, 5) is 10.5. The van der Waals surface area contributed by atoms with E-state index >= 15 is 0 Å². The summed E-state index contributed by atoms with van der Waals surface area (Å²) in [5.41, 5.74) is 3.27. The molecule has 0 spiro atoms. The zero-order valence-electron chi connectivity index (χ0n) is 7.12. The predicted octanol–water partition coefficient (Wildman–Crippen LogP) is 1.92. The Morgan fingerprint density at radius 1 is 1.46 bits per heavy atom. The Morgan fingerprint density at radius 2 is 2.08 bits per heavy atom. The number of carbonyl (C=O) groups excluding carboxylic acids is 1. The van der Waals surface area contributed by atoms with E-state index in [0.717, 1.165) is 10.0 Å². The molecular weight excluding hydrogens is 232 g/mol. The molecule has 13 heavy (non-hydrogen) atoms. The lowest BCUT2D eigenvalue weighted by Crippen LogP contribution is -2.12. The molecule has 0 saturated carbocycles. The molecule has 1 rings (SSSR count). The van der Waals surface area contributed by atoms with Crippen LogP contribution in [0.5, 0.6) is 0 Å². The Labute approximate surface area is 85.0 Å². The van der Waals surface area contributed by atoms with Gasteiger partial charge < -0.3 is 0 Å². The fraction of sp³-hybridized carbons (Fsp3) is 0.111. The number of amides is 1. The van der Waals surface area contributed by atoms with Crippen molar-refractivity contribution in [2.45, 2.75) is 6.92 Å². The normalized spacial score (nSPS) is 10.3. The first-order chi connectivity index (χ1) is 6.18. The molecule has 0 atom stereocenters. The SMILES string of the molecule is CC(=O)N/N=C/c1ccc(Br)cc1. The highest BCUT2D eigenvalue weighted by Crippen LogP contribution is 2.08. The number of carbonyl (C=O) groups is 1. The zero-order chi connectivity index (χ0) is 9.68. The highest BCUT2D eigenvalue weighted by molar-refractivity contribution is 9.10. The lowest BCUT2D eigenvalue weighted by atomic mass is 10.2. The number of nitrogens with one attached hydrogen (secondary N) is 1. The van der Waals surface area contributed by atoms with Gasteiger partial charge >= 0.3 is 0 Å². The summed E-state index contributed by atoms with van der Waals surface area (Å²) in [6.45, 7) is 1.42. The van der Waals surface area contributed by atoms with Crippen molar-refractivity contribution >= 4 is 28.1 Å². The summed E-state index contributed by atoms with van der Waals surface area (Å²) in [5.74, 6) is -0.173. The van der Waals surface area contributed by atoms with Crippen molar-refractivity contribution in [3.05, 3.63) is 34.3 Å². The van der Waals surface area contributed by atoms with Crippen LogP contribution in [0.3, 0.4) is 0 Å². The van der Waals surface area contributed by atoms with Gasteiger partial charge in [-0.1, -0.05) is 28.1 Å². The van der Waals surface area contributed by atoms with Gasteiger partial charge in [0.25, 0.3) is 0 Å². The lowest BCUT2D eigenvalue weighted by Gasteiger charge is -1.93. The molecule has 68 valence electrons. The minimum absolute atomic E-state index is 0.173. The summed E-state index contributed by atoms with van der Waals surface area (Å²) in [6, 6.07) is 7.62. The van der Waals surface area contributed by atoms with Gasteiger partial charge in [0.05, 0.1) is 6.21 Å². The minimum atomic E-state index is -0.173. The van der Waals surface area contributed by atoms with E-state index in [9.17, 15) is 4.79 Å².